The largest absolute Gasteiger partial charge is 0.493 e. The quantitative estimate of drug-likeness (QED) is 0.883. The zero-order chi connectivity index (χ0) is 13.0. The number of ether oxygens (including phenoxy) is 1. The number of para-hydroxylation sites is 1. The molecule has 1 atom stereocenters. The normalized spacial score (nSPS) is 18.7. The van der Waals surface area contributed by atoms with Crippen molar-refractivity contribution in [2.45, 2.75) is 18.9 Å². The molecule has 0 fully saturated rings. The summed E-state index contributed by atoms with van der Waals surface area (Å²) in [5.74, 6) is 0.951. The molecule has 1 aromatic rings. The summed E-state index contributed by atoms with van der Waals surface area (Å²) < 4.78 is 5.68. The van der Waals surface area contributed by atoms with Gasteiger partial charge in [-0.15, -0.1) is 0 Å². The van der Waals surface area contributed by atoms with Crippen molar-refractivity contribution in [2.75, 3.05) is 27.2 Å². The van der Waals surface area contributed by atoms with E-state index < -0.39 is 0 Å². The van der Waals surface area contributed by atoms with Crippen LogP contribution in [0.5, 0.6) is 5.75 Å². The number of likely N-dealkylation sites (N-methyl/N-ethyl adjacent to an activating group) is 1. The van der Waals surface area contributed by atoms with Gasteiger partial charge in [0, 0.05) is 5.56 Å². The van der Waals surface area contributed by atoms with Crippen LogP contribution >= 0.6 is 0 Å². The summed E-state index contributed by atoms with van der Waals surface area (Å²) in [5, 5.41) is 3.09. The number of amides is 1. The maximum atomic E-state index is 11.9. The molecule has 1 heterocycles. The van der Waals surface area contributed by atoms with Gasteiger partial charge in [0.15, 0.2) is 0 Å². The Morgan fingerprint density at radius 1 is 1.44 bits per heavy atom. The van der Waals surface area contributed by atoms with Gasteiger partial charge in [-0.1, -0.05) is 18.2 Å². The highest BCUT2D eigenvalue weighted by Crippen LogP contribution is 2.30. The summed E-state index contributed by atoms with van der Waals surface area (Å²) in [7, 11) is 3.79. The SMILES string of the molecule is CN(C)CC(=O)NC1CCCOc2ccccc21. The Morgan fingerprint density at radius 3 is 3.00 bits per heavy atom. The van der Waals surface area contributed by atoms with Crippen molar-refractivity contribution in [3.8, 4) is 5.75 Å². The lowest BCUT2D eigenvalue weighted by Crippen LogP contribution is -2.35. The number of hydrogen-bond donors (Lipinski definition) is 1. The van der Waals surface area contributed by atoms with E-state index in [9.17, 15) is 4.79 Å². The van der Waals surface area contributed by atoms with Crippen molar-refractivity contribution in [1.82, 2.24) is 10.2 Å². The van der Waals surface area contributed by atoms with Gasteiger partial charge >= 0.3 is 0 Å². The van der Waals surface area contributed by atoms with Crippen LogP contribution in [0, 0.1) is 0 Å². The van der Waals surface area contributed by atoms with Crippen LogP contribution in [0.3, 0.4) is 0 Å². The summed E-state index contributed by atoms with van der Waals surface area (Å²) in [5.41, 5.74) is 1.09. The van der Waals surface area contributed by atoms with Gasteiger partial charge in [0.1, 0.15) is 5.75 Å². The molecule has 4 nitrogen and oxygen atoms in total. The van der Waals surface area contributed by atoms with Crippen molar-refractivity contribution in [3.63, 3.8) is 0 Å². The van der Waals surface area contributed by atoms with Gasteiger partial charge in [0.25, 0.3) is 0 Å². The van der Waals surface area contributed by atoms with Crippen molar-refractivity contribution in [2.24, 2.45) is 0 Å². The third-order valence-electron chi connectivity index (χ3n) is 2.98. The summed E-state index contributed by atoms with van der Waals surface area (Å²) >= 11 is 0. The number of fused-ring (bicyclic) bond motifs is 1. The van der Waals surface area contributed by atoms with Gasteiger partial charge in [-0.3, -0.25) is 4.79 Å². The van der Waals surface area contributed by atoms with Crippen molar-refractivity contribution in [3.05, 3.63) is 29.8 Å². The van der Waals surface area contributed by atoms with Gasteiger partial charge < -0.3 is 15.0 Å². The molecule has 1 unspecified atom stereocenters. The molecule has 0 aromatic heterocycles. The molecule has 1 aliphatic rings. The summed E-state index contributed by atoms with van der Waals surface area (Å²) in [6.45, 7) is 1.14. The molecule has 1 aliphatic heterocycles. The molecular weight excluding hydrogens is 228 g/mol. The maximum absolute atomic E-state index is 11.9. The minimum absolute atomic E-state index is 0.0571. The van der Waals surface area contributed by atoms with E-state index in [1.54, 1.807) is 0 Å². The van der Waals surface area contributed by atoms with Crippen LogP contribution < -0.4 is 10.1 Å². The van der Waals surface area contributed by atoms with E-state index in [1.165, 1.54) is 0 Å². The van der Waals surface area contributed by atoms with Gasteiger partial charge in [-0.2, -0.15) is 0 Å². The van der Waals surface area contributed by atoms with E-state index in [2.05, 4.69) is 5.32 Å². The second kappa shape index (κ2) is 5.87. The smallest absolute Gasteiger partial charge is 0.234 e. The van der Waals surface area contributed by atoms with Crippen molar-refractivity contribution < 1.29 is 9.53 Å². The molecule has 1 amide bonds. The lowest BCUT2D eigenvalue weighted by atomic mass is 10.0. The number of rotatable bonds is 3. The number of carbonyl (C=O) groups is 1. The number of carbonyl (C=O) groups excluding carboxylic acids is 1. The molecule has 0 saturated carbocycles. The molecule has 0 aliphatic carbocycles. The minimum atomic E-state index is 0.0571. The van der Waals surface area contributed by atoms with E-state index in [-0.39, 0.29) is 11.9 Å². The average Bonchev–Trinajstić information content (AvgIpc) is 2.51. The van der Waals surface area contributed by atoms with Crippen molar-refractivity contribution in [1.29, 1.82) is 0 Å². The fourth-order valence-electron chi connectivity index (χ4n) is 2.20. The Balaban J connectivity index is 2.10. The molecule has 0 bridgehead atoms. The lowest BCUT2D eigenvalue weighted by Gasteiger charge is -2.19. The first-order valence-corrected chi connectivity index (χ1v) is 6.32. The molecule has 0 saturated heterocycles. The lowest BCUT2D eigenvalue weighted by molar-refractivity contribution is -0.122. The summed E-state index contributed by atoms with van der Waals surface area (Å²) in [4.78, 5) is 13.7. The molecule has 1 aromatic carbocycles. The topological polar surface area (TPSA) is 41.6 Å². The van der Waals surface area contributed by atoms with Gasteiger partial charge in [-0.05, 0) is 33.0 Å². The van der Waals surface area contributed by atoms with Crippen LogP contribution in [0.1, 0.15) is 24.4 Å². The fourth-order valence-corrected chi connectivity index (χ4v) is 2.20. The molecule has 98 valence electrons. The number of benzene rings is 1. The number of nitrogens with one attached hydrogen (secondary N) is 1. The Labute approximate surface area is 108 Å². The first kappa shape index (κ1) is 12.9. The van der Waals surface area contributed by atoms with Crippen LogP contribution in [0.2, 0.25) is 0 Å². The molecular formula is C14H20N2O2. The Bertz CT molecular complexity index is 418. The van der Waals surface area contributed by atoms with Crippen LogP contribution in [0.4, 0.5) is 0 Å². The predicted octanol–water partition coefficient (Wildman–Crippen LogP) is 1.58. The second-order valence-corrected chi connectivity index (χ2v) is 4.89. The Morgan fingerprint density at radius 2 is 2.22 bits per heavy atom. The number of nitrogens with zero attached hydrogens (tertiary/aromatic N) is 1. The van der Waals surface area contributed by atoms with Crippen molar-refractivity contribution >= 4 is 5.91 Å². The highest BCUT2D eigenvalue weighted by atomic mass is 16.5. The fraction of sp³-hybridized carbons (Fsp3) is 0.500. The molecule has 0 spiro atoms. The van der Waals surface area contributed by atoms with E-state index in [0.717, 1.165) is 30.8 Å². The molecule has 18 heavy (non-hydrogen) atoms. The maximum Gasteiger partial charge on any atom is 0.234 e. The Kier molecular flexibility index (Phi) is 4.20. The van der Waals surface area contributed by atoms with Crippen LogP contribution in [0.25, 0.3) is 0 Å². The predicted molar refractivity (Wildman–Crippen MR) is 70.6 cm³/mol. The summed E-state index contributed by atoms with van der Waals surface area (Å²) in [6.07, 6.45) is 1.89. The van der Waals surface area contributed by atoms with Gasteiger partial charge in [0.05, 0.1) is 19.2 Å². The van der Waals surface area contributed by atoms with E-state index in [0.29, 0.717) is 6.54 Å². The second-order valence-electron chi connectivity index (χ2n) is 4.89. The van der Waals surface area contributed by atoms with E-state index in [1.807, 2.05) is 43.3 Å². The summed E-state index contributed by atoms with van der Waals surface area (Å²) in [6, 6.07) is 8.00. The highest BCUT2D eigenvalue weighted by Gasteiger charge is 2.20. The zero-order valence-corrected chi connectivity index (χ0v) is 11.0. The van der Waals surface area contributed by atoms with Gasteiger partial charge in [-0.25, -0.2) is 0 Å². The third-order valence-corrected chi connectivity index (χ3v) is 2.98. The average molecular weight is 248 g/mol. The standard InChI is InChI=1S/C14H20N2O2/c1-16(2)10-14(17)15-12-7-5-9-18-13-8-4-3-6-11(12)13/h3-4,6,8,12H,5,7,9-10H2,1-2H3,(H,15,17). The number of hydrogen-bond acceptors (Lipinski definition) is 3. The van der Waals surface area contributed by atoms with Crippen LogP contribution in [-0.4, -0.2) is 38.1 Å². The monoisotopic (exact) mass is 248 g/mol. The molecule has 1 N–H and O–H groups in total. The third kappa shape index (κ3) is 3.23. The Hall–Kier alpha value is -1.55. The van der Waals surface area contributed by atoms with E-state index in [4.69, 9.17) is 4.74 Å². The zero-order valence-electron chi connectivity index (χ0n) is 11.0. The first-order chi connectivity index (χ1) is 8.66. The molecule has 0 radical (unpaired) electrons. The molecule has 2 rings (SSSR count). The highest BCUT2D eigenvalue weighted by molar-refractivity contribution is 5.78. The van der Waals surface area contributed by atoms with Crippen LogP contribution in [-0.2, 0) is 4.79 Å². The van der Waals surface area contributed by atoms with Crippen LogP contribution in [0.15, 0.2) is 24.3 Å². The first-order valence-electron chi connectivity index (χ1n) is 6.32. The van der Waals surface area contributed by atoms with Gasteiger partial charge in [0.2, 0.25) is 5.91 Å². The molecule has 4 heteroatoms. The minimum Gasteiger partial charge on any atom is -0.493 e. The van der Waals surface area contributed by atoms with E-state index >= 15 is 0 Å².